The molecule has 18 heavy (non-hydrogen) atoms. The summed E-state index contributed by atoms with van der Waals surface area (Å²) in [5, 5.41) is 3.29. The quantitative estimate of drug-likeness (QED) is 0.810. The van der Waals surface area contributed by atoms with E-state index in [-0.39, 0.29) is 12.0 Å². The van der Waals surface area contributed by atoms with Crippen molar-refractivity contribution in [3.63, 3.8) is 0 Å². The molecule has 1 aliphatic carbocycles. The lowest BCUT2D eigenvalue weighted by molar-refractivity contribution is -0.142. The highest BCUT2D eigenvalue weighted by molar-refractivity contribution is 5.80. The predicted octanol–water partition coefficient (Wildman–Crippen LogP) is 2.12. The number of benzene rings is 1. The zero-order valence-electron chi connectivity index (χ0n) is 11.1. The van der Waals surface area contributed by atoms with E-state index in [4.69, 9.17) is 4.74 Å². The zero-order chi connectivity index (χ0) is 13.1. The topological polar surface area (TPSA) is 41.6 Å². The third kappa shape index (κ3) is 2.94. The maximum absolute atomic E-state index is 11.7. The highest BCUT2D eigenvalue weighted by Gasteiger charge is 2.36. The van der Waals surface area contributed by atoms with Crippen molar-refractivity contribution >= 4 is 17.3 Å². The second-order valence-corrected chi connectivity index (χ2v) is 4.93. The van der Waals surface area contributed by atoms with E-state index in [1.165, 1.54) is 7.11 Å². The number of rotatable bonds is 5. The second kappa shape index (κ2) is 5.29. The Morgan fingerprint density at radius 2 is 2.17 bits per heavy atom. The molecule has 0 saturated heterocycles. The fourth-order valence-corrected chi connectivity index (χ4v) is 1.98. The number of nitrogens with one attached hydrogen (secondary N) is 1. The summed E-state index contributed by atoms with van der Waals surface area (Å²) in [5.74, 6) is 0.244. The van der Waals surface area contributed by atoms with Crippen molar-refractivity contribution < 1.29 is 9.53 Å². The van der Waals surface area contributed by atoms with E-state index in [1.807, 2.05) is 43.3 Å². The number of nitrogens with zero attached hydrogens (tertiary/aromatic N) is 1. The molecule has 1 aliphatic rings. The Balaban J connectivity index is 2.11. The van der Waals surface area contributed by atoms with E-state index in [9.17, 15) is 4.79 Å². The smallest absolute Gasteiger partial charge is 0.328 e. The van der Waals surface area contributed by atoms with Gasteiger partial charge in [-0.1, -0.05) is 6.07 Å². The summed E-state index contributed by atoms with van der Waals surface area (Å²) in [6.45, 7) is 0. The van der Waals surface area contributed by atoms with Gasteiger partial charge < -0.3 is 15.0 Å². The number of hydrogen-bond donors (Lipinski definition) is 1. The molecule has 0 aromatic heterocycles. The van der Waals surface area contributed by atoms with Gasteiger partial charge in [-0.05, 0) is 37.0 Å². The van der Waals surface area contributed by atoms with Gasteiger partial charge in [0.05, 0.1) is 7.11 Å². The van der Waals surface area contributed by atoms with E-state index in [0.29, 0.717) is 5.92 Å². The van der Waals surface area contributed by atoms with Crippen molar-refractivity contribution in [3.8, 4) is 0 Å². The Labute approximate surface area is 108 Å². The average Bonchev–Trinajstić information content (AvgIpc) is 3.19. The third-order valence-electron chi connectivity index (χ3n) is 3.23. The van der Waals surface area contributed by atoms with E-state index >= 15 is 0 Å². The lowest BCUT2D eigenvalue weighted by Gasteiger charge is -2.19. The molecular formula is C14H20N2O2. The van der Waals surface area contributed by atoms with Gasteiger partial charge in [-0.15, -0.1) is 0 Å². The molecule has 0 aliphatic heterocycles. The van der Waals surface area contributed by atoms with Crippen LogP contribution in [0.5, 0.6) is 0 Å². The SMILES string of the molecule is COC(=O)C(Nc1cccc(N(C)C)c1)C1CC1. The van der Waals surface area contributed by atoms with Crippen LogP contribution < -0.4 is 10.2 Å². The van der Waals surface area contributed by atoms with Crippen molar-refractivity contribution in [2.75, 3.05) is 31.4 Å². The Morgan fingerprint density at radius 1 is 1.44 bits per heavy atom. The van der Waals surface area contributed by atoms with Crippen LogP contribution in [0.15, 0.2) is 24.3 Å². The van der Waals surface area contributed by atoms with Crippen LogP contribution in [0, 0.1) is 5.92 Å². The zero-order valence-corrected chi connectivity index (χ0v) is 11.1. The molecule has 0 heterocycles. The van der Waals surface area contributed by atoms with E-state index in [0.717, 1.165) is 24.2 Å². The van der Waals surface area contributed by atoms with Gasteiger partial charge in [0.25, 0.3) is 0 Å². The molecule has 1 saturated carbocycles. The number of carbonyl (C=O) groups excluding carboxylic acids is 1. The van der Waals surface area contributed by atoms with Crippen molar-refractivity contribution in [1.29, 1.82) is 0 Å². The lowest BCUT2D eigenvalue weighted by atomic mass is 10.1. The van der Waals surface area contributed by atoms with Crippen LogP contribution in [0.4, 0.5) is 11.4 Å². The van der Waals surface area contributed by atoms with E-state index in [2.05, 4.69) is 5.32 Å². The molecule has 4 nitrogen and oxygen atoms in total. The van der Waals surface area contributed by atoms with Crippen molar-refractivity contribution in [1.82, 2.24) is 0 Å². The number of hydrogen-bond acceptors (Lipinski definition) is 4. The first-order valence-electron chi connectivity index (χ1n) is 6.23. The first kappa shape index (κ1) is 12.7. The van der Waals surface area contributed by atoms with Crippen LogP contribution >= 0.6 is 0 Å². The van der Waals surface area contributed by atoms with Gasteiger partial charge in [0.15, 0.2) is 0 Å². The summed E-state index contributed by atoms with van der Waals surface area (Å²) in [5.41, 5.74) is 2.07. The Morgan fingerprint density at radius 3 is 2.72 bits per heavy atom. The summed E-state index contributed by atoms with van der Waals surface area (Å²) < 4.78 is 4.85. The van der Waals surface area contributed by atoms with Gasteiger partial charge in [-0.25, -0.2) is 4.79 Å². The van der Waals surface area contributed by atoms with Crippen LogP contribution in [-0.4, -0.2) is 33.2 Å². The molecule has 1 aromatic rings. The molecule has 1 atom stereocenters. The number of esters is 1. The second-order valence-electron chi connectivity index (χ2n) is 4.93. The van der Waals surface area contributed by atoms with Crippen molar-refractivity contribution in [2.45, 2.75) is 18.9 Å². The minimum atomic E-state index is -0.215. The summed E-state index contributed by atoms with van der Waals surface area (Å²) in [7, 11) is 5.44. The van der Waals surface area contributed by atoms with Crippen molar-refractivity contribution in [2.24, 2.45) is 5.92 Å². The molecular weight excluding hydrogens is 228 g/mol. The first-order valence-corrected chi connectivity index (χ1v) is 6.23. The molecule has 1 aromatic carbocycles. The van der Waals surface area contributed by atoms with Crippen LogP contribution in [0.1, 0.15) is 12.8 Å². The number of carbonyl (C=O) groups is 1. The van der Waals surface area contributed by atoms with Gasteiger partial charge in [-0.3, -0.25) is 0 Å². The minimum Gasteiger partial charge on any atom is -0.467 e. The van der Waals surface area contributed by atoms with Gasteiger partial charge in [0.2, 0.25) is 0 Å². The third-order valence-corrected chi connectivity index (χ3v) is 3.23. The Bertz CT molecular complexity index is 428. The fourth-order valence-electron chi connectivity index (χ4n) is 1.98. The number of methoxy groups -OCH3 is 1. The monoisotopic (exact) mass is 248 g/mol. The van der Waals surface area contributed by atoms with E-state index in [1.54, 1.807) is 0 Å². The average molecular weight is 248 g/mol. The largest absolute Gasteiger partial charge is 0.467 e. The van der Waals surface area contributed by atoms with Gasteiger partial charge >= 0.3 is 5.97 Å². The molecule has 0 radical (unpaired) electrons. The maximum Gasteiger partial charge on any atom is 0.328 e. The molecule has 4 heteroatoms. The summed E-state index contributed by atoms with van der Waals surface area (Å²) in [6.07, 6.45) is 2.19. The Kier molecular flexibility index (Phi) is 3.75. The molecule has 2 rings (SSSR count). The van der Waals surface area contributed by atoms with Crippen LogP contribution in [0.3, 0.4) is 0 Å². The lowest BCUT2D eigenvalue weighted by Crippen LogP contribution is -2.32. The number of ether oxygens (including phenoxy) is 1. The summed E-state index contributed by atoms with van der Waals surface area (Å²) in [4.78, 5) is 13.8. The predicted molar refractivity (Wildman–Crippen MR) is 72.9 cm³/mol. The minimum absolute atomic E-state index is 0.173. The highest BCUT2D eigenvalue weighted by atomic mass is 16.5. The van der Waals surface area contributed by atoms with Gasteiger partial charge in [0, 0.05) is 25.5 Å². The normalized spacial score (nSPS) is 15.9. The van der Waals surface area contributed by atoms with Crippen LogP contribution in [0.2, 0.25) is 0 Å². The molecule has 98 valence electrons. The Hall–Kier alpha value is -1.71. The fraction of sp³-hybridized carbons (Fsp3) is 0.500. The van der Waals surface area contributed by atoms with Crippen molar-refractivity contribution in [3.05, 3.63) is 24.3 Å². The first-order chi connectivity index (χ1) is 8.61. The molecule has 0 amide bonds. The van der Waals surface area contributed by atoms with Gasteiger partial charge in [0.1, 0.15) is 6.04 Å². The molecule has 0 bridgehead atoms. The number of anilines is 2. The molecule has 0 spiro atoms. The van der Waals surface area contributed by atoms with Crippen LogP contribution in [-0.2, 0) is 9.53 Å². The van der Waals surface area contributed by atoms with Gasteiger partial charge in [-0.2, -0.15) is 0 Å². The summed E-state index contributed by atoms with van der Waals surface area (Å²) in [6, 6.07) is 7.82. The maximum atomic E-state index is 11.7. The summed E-state index contributed by atoms with van der Waals surface area (Å²) >= 11 is 0. The molecule has 1 N–H and O–H groups in total. The standard InChI is InChI=1S/C14H20N2O2/c1-16(2)12-6-4-5-11(9-12)15-13(10-7-8-10)14(17)18-3/h4-6,9-10,13,15H,7-8H2,1-3H3. The van der Waals surface area contributed by atoms with E-state index < -0.39 is 0 Å². The van der Waals surface area contributed by atoms with Crippen LogP contribution in [0.25, 0.3) is 0 Å². The molecule has 1 unspecified atom stereocenters. The highest BCUT2D eigenvalue weighted by Crippen LogP contribution is 2.35. The molecule has 1 fully saturated rings.